The molecule has 0 radical (unpaired) electrons. The fraction of sp³-hybridized carbons (Fsp3) is 0.438. The molecule has 3 heterocycles. The van der Waals surface area contributed by atoms with Gasteiger partial charge >= 0.3 is 0 Å². The summed E-state index contributed by atoms with van der Waals surface area (Å²) in [6, 6.07) is 6.03. The van der Waals surface area contributed by atoms with Gasteiger partial charge in [-0.25, -0.2) is 5.10 Å². The first-order chi connectivity index (χ1) is 11.3. The number of fused-ring (bicyclic) bond motifs is 1. The van der Waals surface area contributed by atoms with Crippen LogP contribution >= 0.6 is 0 Å². The van der Waals surface area contributed by atoms with Crippen LogP contribution < -0.4 is 10.2 Å². The van der Waals surface area contributed by atoms with Gasteiger partial charge in [-0.2, -0.15) is 10.1 Å². The van der Waals surface area contributed by atoms with E-state index in [1.807, 2.05) is 17.0 Å². The molecular formula is C16H20N6O. The van der Waals surface area contributed by atoms with E-state index in [4.69, 9.17) is 0 Å². The third-order valence-electron chi connectivity index (χ3n) is 4.57. The van der Waals surface area contributed by atoms with Gasteiger partial charge in [0.1, 0.15) is 6.33 Å². The van der Waals surface area contributed by atoms with E-state index in [1.165, 1.54) is 11.9 Å². The Hall–Kier alpha value is -2.57. The quantitative estimate of drug-likeness (QED) is 0.869. The summed E-state index contributed by atoms with van der Waals surface area (Å²) in [7, 11) is 0. The van der Waals surface area contributed by atoms with Gasteiger partial charge in [0.25, 0.3) is 5.91 Å². The molecule has 0 unspecified atom stereocenters. The predicted octanol–water partition coefficient (Wildman–Crippen LogP) is 1.13. The molecule has 1 aromatic carbocycles. The molecule has 1 aromatic heterocycles. The second-order valence-electron chi connectivity index (χ2n) is 5.96. The Kier molecular flexibility index (Phi) is 3.61. The number of H-pyrrole nitrogens is 1. The Balaban J connectivity index is 1.48. The number of nitrogens with zero attached hydrogens (tertiary/aromatic N) is 4. The smallest absolute Gasteiger partial charge is 0.256 e. The number of aryl methyl sites for hydroxylation is 1. The Bertz CT molecular complexity index is 691. The van der Waals surface area contributed by atoms with Crippen LogP contribution in [0.25, 0.3) is 0 Å². The van der Waals surface area contributed by atoms with Crippen molar-refractivity contribution < 1.29 is 4.79 Å². The van der Waals surface area contributed by atoms with E-state index in [1.54, 1.807) is 0 Å². The molecule has 4 rings (SSSR count). The summed E-state index contributed by atoms with van der Waals surface area (Å²) in [6.07, 6.45) is 3.68. The summed E-state index contributed by atoms with van der Waals surface area (Å²) in [5, 5.41) is 10.2. The molecule has 2 aromatic rings. The Morgan fingerprint density at radius 2 is 2.04 bits per heavy atom. The van der Waals surface area contributed by atoms with E-state index in [0.29, 0.717) is 13.1 Å². The van der Waals surface area contributed by atoms with Gasteiger partial charge in [0.2, 0.25) is 5.95 Å². The minimum Gasteiger partial charge on any atom is -0.384 e. The Labute approximate surface area is 134 Å². The monoisotopic (exact) mass is 312 g/mol. The van der Waals surface area contributed by atoms with E-state index in [9.17, 15) is 4.79 Å². The van der Waals surface area contributed by atoms with Gasteiger partial charge in [0.15, 0.2) is 0 Å². The number of anilines is 2. The molecule has 0 saturated carbocycles. The van der Waals surface area contributed by atoms with Crippen molar-refractivity contribution in [2.45, 2.75) is 12.8 Å². The number of aromatic amines is 1. The summed E-state index contributed by atoms with van der Waals surface area (Å²) in [5.74, 6) is 0.893. The van der Waals surface area contributed by atoms with Gasteiger partial charge < -0.3 is 15.1 Å². The number of para-hydroxylation sites is 1. The summed E-state index contributed by atoms with van der Waals surface area (Å²) < 4.78 is 0. The van der Waals surface area contributed by atoms with Crippen molar-refractivity contribution in [2.24, 2.45) is 0 Å². The third kappa shape index (κ3) is 2.62. The number of aromatic nitrogens is 3. The number of benzene rings is 1. The van der Waals surface area contributed by atoms with Crippen LogP contribution in [0.5, 0.6) is 0 Å². The number of amides is 1. The first-order valence-electron chi connectivity index (χ1n) is 8.08. The average molecular weight is 312 g/mol. The van der Waals surface area contributed by atoms with Crippen LogP contribution in [0.1, 0.15) is 22.3 Å². The topological polar surface area (TPSA) is 77.2 Å². The largest absolute Gasteiger partial charge is 0.384 e. The number of nitrogens with one attached hydrogen (secondary N) is 2. The lowest BCUT2D eigenvalue weighted by atomic mass is 9.98. The number of carbonyl (C=O) groups is 1. The Morgan fingerprint density at radius 3 is 2.83 bits per heavy atom. The van der Waals surface area contributed by atoms with Crippen molar-refractivity contribution in [3.63, 3.8) is 0 Å². The molecule has 0 atom stereocenters. The van der Waals surface area contributed by atoms with Crippen LogP contribution in [-0.4, -0.2) is 58.7 Å². The maximum absolute atomic E-state index is 12.9. The van der Waals surface area contributed by atoms with Crippen LogP contribution in [0, 0.1) is 0 Å². The fourth-order valence-corrected chi connectivity index (χ4v) is 3.33. The molecule has 0 bridgehead atoms. The molecule has 1 fully saturated rings. The molecule has 2 aliphatic heterocycles. The lowest BCUT2D eigenvalue weighted by molar-refractivity contribution is 0.0747. The second-order valence-corrected chi connectivity index (χ2v) is 5.96. The lowest BCUT2D eigenvalue weighted by Crippen LogP contribution is -2.49. The number of rotatable bonds is 2. The van der Waals surface area contributed by atoms with Crippen LogP contribution in [0.15, 0.2) is 24.5 Å². The fourth-order valence-electron chi connectivity index (χ4n) is 3.33. The molecule has 7 heteroatoms. The van der Waals surface area contributed by atoms with Crippen LogP contribution in [0.4, 0.5) is 11.6 Å². The van der Waals surface area contributed by atoms with Crippen molar-refractivity contribution in [3.8, 4) is 0 Å². The van der Waals surface area contributed by atoms with Gasteiger partial charge in [-0.1, -0.05) is 12.1 Å². The zero-order valence-electron chi connectivity index (χ0n) is 13.0. The number of hydrogen-bond donors (Lipinski definition) is 2. The molecule has 120 valence electrons. The van der Waals surface area contributed by atoms with Crippen molar-refractivity contribution in [1.82, 2.24) is 20.1 Å². The van der Waals surface area contributed by atoms with Crippen LogP contribution in [-0.2, 0) is 6.42 Å². The molecule has 23 heavy (non-hydrogen) atoms. The maximum atomic E-state index is 12.9. The van der Waals surface area contributed by atoms with Crippen molar-refractivity contribution in [2.75, 3.05) is 42.9 Å². The van der Waals surface area contributed by atoms with Gasteiger partial charge in [0, 0.05) is 32.7 Å². The number of piperazine rings is 1. The molecule has 1 saturated heterocycles. The standard InChI is InChI=1S/C16H20N6O/c23-15(13-5-1-3-12-4-2-6-17-14(12)13)21-7-9-22(10-8-21)16-18-11-19-20-16/h1,3,5,11,17H,2,4,6-10H2,(H,18,19,20). The summed E-state index contributed by atoms with van der Waals surface area (Å²) in [5.41, 5.74) is 3.08. The summed E-state index contributed by atoms with van der Waals surface area (Å²) in [4.78, 5) is 21.1. The second kappa shape index (κ2) is 5.91. The molecule has 7 nitrogen and oxygen atoms in total. The van der Waals surface area contributed by atoms with E-state index in [2.05, 4.69) is 31.5 Å². The molecule has 0 spiro atoms. The zero-order chi connectivity index (χ0) is 15.6. The van der Waals surface area contributed by atoms with E-state index >= 15 is 0 Å². The van der Waals surface area contributed by atoms with Crippen molar-refractivity contribution >= 4 is 17.5 Å². The average Bonchev–Trinajstić information content (AvgIpc) is 3.15. The molecule has 2 N–H and O–H groups in total. The molecule has 1 amide bonds. The van der Waals surface area contributed by atoms with Gasteiger partial charge in [-0.15, -0.1) is 0 Å². The highest BCUT2D eigenvalue weighted by molar-refractivity contribution is 6.00. The van der Waals surface area contributed by atoms with E-state index in [0.717, 1.165) is 49.7 Å². The normalized spacial score (nSPS) is 17.6. The number of hydrogen-bond acceptors (Lipinski definition) is 5. The van der Waals surface area contributed by atoms with Crippen molar-refractivity contribution in [1.29, 1.82) is 0 Å². The minimum atomic E-state index is 0.119. The van der Waals surface area contributed by atoms with E-state index < -0.39 is 0 Å². The molecular weight excluding hydrogens is 292 g/mol. The summed E-state index contributed by atoms with van der Waals surface area (Å²) >= 11 is 0. The minimum absolute atomic E-state index is 0.119. The SMILES string of the molecule is O=C(c1cccc2c1NCCC2)N1CCN(c2ncn[nH]2)CC1. The van der Waals surface area contributed by atoms with Crippen LogP contribution in [0.3, 0.4) is 0 Å². The van der Waals surface area contributed by atoms with Gasteiger partial charge in [-0.3, -0.25) is 4.79 Å². The highest BCUT2D eigenvalue weighted by Gasteiger charge is 2.26. The Morgan fingerprint density at radius 1 is 1.17 bits per heavy atom. The van der Waals surface area contributed by atoms with Gasteiger partial charge in [-0.05, 0) is 24.5 Å². The zero-order valence-corrected chi connectivity index (χ0v) is 13.0. The lowest BCUT2D eigenvalue weighted by Gasteiger charge is -2.35. The van der Waals surface area contributed by atoms with Crippen molar-refractivity contribution in [3.05, 3.63) is 35.7 Å². The highest BCUT2D eigenvalue weighted by Crippen LogP contribution is 2.27. The molecule has 2 aliphatic rings. The van der Waals surface area contributed by atoms with Crippen LogP contribution in [0.2, 0.25) is 0 Å². The highest BCUT2D eigenvalue weighted by atomic mass is 16.2. The first-order valence-corrected chi connectivity index (χ1v) is 8.08. The summed E-state index contributed by atoms with van der Waals surface area (Å²) in [6.45, 7) is 3.87. The molecule has 0 aliphatic carbocycles. The van der Waals surface area contributed by atoms with E-state index in [-0.39, 0.29) is 5.91 Å². The number of carbonyl (C=O) groups excluding carboxylic acids is 1. The third-order valence-corrected chi connectivity index (χ3v) is 4.57. The predicted molar refractivity (Wildman–Crippen MR) is 87.8 cm³/mol. The maximum Gasteiger partial charge on any atom is 0.256 e. The van der Waals surface area contributed by atoms with Gasteiger partial charge in [0.05, 0.1) is 11.3 Å². The first kappa shape index (κ1) is 14.0.